The lowest BCUT2D eigenvalue weighted by Gasteiger charge is -2.12. The van der Waals surface area contributed by atoms with Crippen molar-refractivity contribution in [2.45, 2.75) is 6.61 Å². The number of carbonyl (C=O) groups excluding carboxylic acids is 1. The van der Waals surface area contributed by atoms with E-state index in [1.807, 2.05) is 6.07 Å². The fourth-order valence-corrected chi connectivity index (χ4v) is 2.30. The van der Waals surface area contributed by atoms with Crippen LogP contribution in [0.1, 0.15) is 10.4 Å². The average Bonchev–Trinajstić information content (AvgIpc) is 3.03. The molecule has 24 heavy (non-hydrogen) atoms. The predicted octanol–water partition coefficient (Wildman–Crippen LogP) is 3.43. The Labute approximate surface area is 135 Å². The van der Waals surface area contributed by atoms with E-state index < -0.39 is 12.5 Å². The number of methoxy groups -OCH3 is 1. The summed E-state index contributed by atoms with van der Waals surface area (Å²) in [6.07, 6.45) is 1.61. The van der Waals surface area contributed by atoms with Crippen molar-refractivity contribution in [3.8, 4) is 11.5 Å². The molecule has 0 aliphatic rings. The van der Waals surface area contributed by atoms with Crippen LogP contribution in [0.2, 0.25) is 0 Å². The zero-order valence-corrected chi connectivity index (χ0v) is 12.5. The zero-order valence-electron chi connectivity index (χ0n) is 12.5. The number of rotatable bonds is 5. The number of amides is 1. The minimum atomic E-state index is -3.00. The maximum Gasteiger partial charge on any atom is 0.387 e. The molecule has 0 fully saturated rings. The lowest BCUT2D eigenvalue weighted by molar-refractivity contribution is -0.0511. The largest absolute Gasteiger partial charge is 0.493 e. The van der Waals surface area contributed by atoms with Gasteiger partial charge in [0.2, 0.25) is 0 Å². The number of alkyl halides is 2. The van der Waals surface area contributed by atoms with Gasteiger partial charge in [-0.3, -0.25) is 9.89 Å². The van der Waals surface area contributed by atoms with Gasteiger partial charge in [0.25, 0.3) is 5.91 Å². The number of nitrogens with zero attached hydrogens (tertiary/aromatic N) is 1. The highest BCUT2D eigenvalue weighted by Gasteiger charge is 2.15. The minimum absolute atomic E-state index is 0.143. The van der Waals surface area contributed by atoms with Crippen LogP contribution in [-0.4, -0.2) is 29.8 Å². The van der Waals surface area contributed by atoms with E-state index in [0.29, 0.717) is 16.8 Å². The fourth-order valence-electron chi connectivity index (χ4n) is 2.30. The second-order valence-electron chi connectivity index (χ2n) is 4.84. The third kappa shape index (κ3) is 3.12. The predicted molar refractivity (Wildman–Crippen MR) is 83.7 cm³/mol. The van der Waals surface area contributed by atoms with Crippen LogP contribution in [0.25, 0.3) is 10.9 Å². The number of anilines is 1. The smallest absolute Gasteiger partial charge is 0.387 e. The van der Waals surface area contributed by atoms with Crippen LogP contribution < -0.4 is 14.8 Å². The van der Waals surface area contributed by atoms with Crippen LogP contribution in [0.4, 0.5) is 14.5 Å². The Morgan fingerprint density at radius 1 is 1.25 bits per heavy atom. The second kappa shape index (κ2) is 6.53. The standard InChI is InChI=1S/C16H13F2N3O3/c1-23-12-6-5-10(7-13(12)24-16(17)18)20-15(22)11-4-2-3-9-8-19-21-14(9)11/h2-8,16H,1H3,(H,19,21)(H,20,22). The molecule has 0 radical (unpaired) electrons. The molecule has 3 aromatic rings. The first-order chi connectivity index (χ1) is 11.6. The van der Waals surface area contributed by atoms with Gasteiger partial charge in [-0.15, -0.1) is 0 Å². The van der Waals surface area contributed by atoms with Gasteiger partial charge in [-0.1, -0.05) is 12.1 Å². The average molecular weight is 333 g/mol. The number of aromatic amines is 1. The van der Waals surface area contributed by atoms with Crippen molar-refractivity contribution in [1.29, 1.82) is 0 Å². The highest BCUT2D eigenvalue weighted by Crippen LogP contribution is 2.31. The molecule has 6 nitrogen and oxygen atoms in total. The Balaban J connectivity index is 1.88. The van der Waals surface area contributed by atoms with Crippen LogP contribution in [0.15, 0.2) is 42.6 Å². The molecule has 0 saturated heterocycles. The van der Waals surface area contributed by atoms with E-state index >= 15 is 0 Å². The van der Waals surface area contributed by atoms with E-state index in [4.69, 9.17) is 4.74 Å². The van der Waals surface area contributed by atoms with Crippen molar-refractivity contribution in [2.24, 2.45) is 0 Å². The van der Waals surface area contributed by atoms with Crippen molar-refractivity contribution < 1.29 is 23.0 Å². The van der Waals surface area contributed by atoms with Crippen molar-refractivity contribution in [3.05, 3.63) is 48.2 Å². The van der Waals surface area contributed by atoms with Gasteiger partial charge < -0.3 is 14.8 Å². The number of hydrogen-bond acceptors (Lipinski definition) is 4. The SMILES string of the molecule is COc1ccc(NC(=O)c2cccc3cn[nH]c23)cc1OC(F)F. The number of nitrogens with one attached hydrogen (secondary N) is 2. The zero-order chi connectivity index (χ0) is 17.1. The molecule has 8 heteroatoms. The molecule has 0 aliphatic carbocycles. The number of hydrogen-bond donors (Lipinski definition) is 2. The van der Waals surface area contributed by atoms with Gasteiger partial charge in [0.05, 0.1) is 24.4 Å². The van der Waals surface area contributed by atoms with Crippen LogP contribution in [0.5, 0.6) is 11.5 Å². The summed E-state index contributed by atoms with van der Waals surface area (Å²) >= 11 is 0. The summed E-state index contributed by atoms with van der Waals surface area (Å²) in [5.41, 5.74) is 1.28. The molecule has 2 aromatic carbocycles. The van der Waals surface area contributed by atoms with E-state index in [-0.39, 0.29) is 11.5 Å². The first-order valence-electron chi connectivity index (χ1n) is 6.95. The lowest BCUT2D eigenvalue weighted by atomic mass is 10.1. The van der Waals surface area contributed by atoms with E-state index in [9.17, 15) is 13.6 Å². The van der Waals surface area contributed by atoms with Gasteiger partial charge in [0, 0.05) is 17.1 Å². The molecule has 0 aliphatic heterocycles. The third-order valence-electron chi connectivity index (χ3n) is 3.36. The molecule has 0 bridgehead atoms. The second-order valence-corrected chi connectivity index (χ2v) is 4.84. The highest BCUT2D eigenvalue weighted by molar-refractivity contribution is 6.11. The molecule has 1 amide bonds. The van der Waals surface area contributed by atoms with Gasteiger partial charge in [-0.2, -0.15) is 13.9 Å². The van der Waals surface area contributed by atoms with Crippen LogP contribution in [0.3, 0.4) is 0 Å². The molecular formula is C16H13F2N3O3. The Kier molecular flexibility index (Phi) is 4.28. The quantitative estimate of drug-likeness (QED) is 0.750. The minimum Gasteiger partial charge on any atom is -0.493 e. The van der Waals surface area contributed by atoms with E-state index in [2.05, 4.69) is 20.3 Å². The Bertz CT molecular complexity index is 880. The molecule has 0 atom stereocenters. The van der Waals surface area contributed by atoms with Crippen molar-refractivity contribution in [2.75, 3.05) is 12.4 Å². The number of para-hydroxylation sites is 1. The molecule has 0 spiro atoms. The number of carbonyl (C=O) groups is 1. The summed E-state index contributed by atoms with van der Waals surface area (Å²) < 4.78 is 34.3. The number of benzene rings is 2. The van der Waals surface area contributed by atoms with E-state index in [0.717, 1.165) is 5.39 Å². The molecule has 3 rings (SSSR count). The maximum atomic E-state index is 12.5. The van der Waals surface area contributed by atoms with Crippen LogP contribution in [-0.2, 0) is 0 Å². The van der Waals surface area contributed by atoms with Crippen molar-refractivity contribution in [3.63, 3.8) is 0 Å². The monoisotopic (exact) mass is 333 g/mol. The molecule has 0 saturated carbocycles. The molecule has 1 aromatic heterocycles. The molecule has 1 heterocycles. The highest BCUT2D eigenvalue weighted by atomic mass is 19.3. The van der Waals surface area contributed by atoms with Gasteiger partial charge in [0.1, 0.15) is 0 Å². The van der Waals surface area contributed by atoms with E-state index in [1.54, 1.807) is 18.3 Å². The van der Waals surface area contributed by atoms with Gasteiger partial charge in [-0.05, 0) is 18.2 Å². The van der Waals surface area contributed by atoms with Crippen molar-refractivity contribution in [1.82, 2.24) is 10.2 Å². The number of H-pyrrole nitrogens is 1. The summed E-state index contributed by atoms with van der Waals surface area (Å²) in [4.78, 5) is 12.4. The third-order valence-corrected chi connectivity index (χ3v) is 3.36. The van der Waals surface area contributed by atoms with Gasteiger partial charge in [-0.25, -0.2) is 0 Å². The molecular weight excluding hydrogens is 320 g/mol. The summed E-state index contributed by atoms with van der Waals surface area (Å²) in [6, 6.07) is 9.42. The maximum absolute atomic E-state index is 12.5. The first-order valence-corrected chi connectivity index (χ1v) is 6.95. The Morgan fingerprint density at radius 2 is 2.08 bits per heavy atom. The Morgan fingerprint density at radius 3 is 2.83 bits per heavy atom. The van der Waals surface area contributed by atoms with Gasteiger partial charge in [0.15, 0.2) is 11.5 Å². The number of aromatic nitrogens is 2. The number of halogens is 2. The molecule has 0 unspecified atom stereocenters. The topological polar surface area (TPSA) is 76.2 Å². The van der Waals surface area contributed by atoms with Crippen LogP contribution in [0, 0.1) is 0 Å². The van der Waals surface area contributed by atoms with Crippen molar-refractivity contribution >= 4 is 22.5 Å². The van der Waals surface area contributed by atoms with Crippen LogP contribution >= 0.6 is 0 Å². The summed E-state index contributed by atoms with van der Waals surface area (Å²) in [5.74, 6) is -0.424. The normalized spacial score (nSPS) is 10.8. The first kappa shape index (κ1) is 15.7. The number of fused-ring (bicyclic) bond motifs is 1. The van der Waals surface area contributed by atoms with Gasteiger partial charge >= 0.3 is 6.61 Å². The summed E-state index contributed by atoms with van der Waals surface area (Å²) in [6.45, 7) is -3.00. The molecule has 124 valence electrons. The lowest BCUT2D eigenvalue weighted by Crippen LogP contribution is -2.13. The Hall–Kier alpha value is -3.16. The summed E-state index contributed by atoms with van der Waals surface area (Å²) in [5, 5.41) is 10.1. The molecule has 2 N–H and O–H groups in total. The fraction of sp³-hybridized carbons (Fsp3) is 0.125. The van der Waals surface area contributed by atoms with E-state index in [1.165, 1.54) is 25.3 Å². The summed E-state index contributed by atoms with van der Waals surface area (Å²) in [7, 11) is 1.34. The number of ether oxygens (including phenoxy) is 2.